The number of hydrogen-bond acceptors (Lipinski definition) is 6. The summed E-state index contributed by atoms with van der Waals surface area (Å²) < 4.78 is 5.16. The molecule has 0 atom stereocenters. The Balaban J connectivity index is 1.72. The minimum atomic E-state index is 0.347. The van der Waals surface area contributed by atoms with E-state index in [0.29, 0.717) is 17.7 Å². The molecule has 2 aromatic rings. The van der Waals surface area contributed by atoms with Crippen LogP contribution in [-0.4, -0.2) is 45.3 Å². The van der Waals surface area contributed by atoms with Crippen LogP contribution in [0.15, 0.2) is 6.07 Å². The summed E-state index contributed by atoms with van der Waals surface area (Å²) in [5.74, 6) is 3.37. The van der Waals surface area contributed by atoms with Gasteiger partial charge in [0.1, 0.15) is 5.82 Å². The molecule has 0 spiro atoms. The van der Waals surface area contributed by atoms with Crippen molar-refractivity contribution in [1.82, 2.24) is 25.1 Å². The first-order valence-corrected chi connectivity index (χ1v) is 6.19. The number of aromatic nitrogens is 5. The van der Waals surface area contributed by atoms with E-state index in [1.54, 1.807) is 7.11 Å². The third kappa shape index (κ3) is 2.23. The molecule has 100 valence electrons. The molecule has 1 saturated heterocycles. The van der Waals surface area contributed by atoms with Crippen LogP contribution >= 0.6 is 0 Å². The highest BCUT2D eigenvalue weighted by Crippen LogP contribution is 2.28. The van der Waals surface area contributed by atoms with Gasteiger partial charge in [0.25, 0.3) is 0 Å². The molecule has 0 radical (unpaired) electrons. The second kappa shape index (κ2) is 4.49. The predicted molar refractivity (Wildman–Crippen MR) is 69.4 cm³/mol. The molecule has 0 saturated carbocycles. The summed E-state index contributed by atoms with van der Waals surface area (Å²) in [6, 6.07) is 1.82. The molecule has 2 aromatic heterocycles. The van der Waals surface area contributed by atoms with Crippen LogP contribution in [-0.2, 0) is 0 Å². The number of ether oxygens (including phenoxy) is 1. The van der Waals surface area contributed by atoms with Gasteiger partial charge in [-0.25, -0.2) is 9.97 Å². The maximum absolute atomic E-state index is 5.16. The summed E-state index contributed by atoms with van der Waals surface area (Å²) in [7, 11) is 1.61. The molecule has 1 fully saturated rings. The fraction of sp³-hybridized carbons (Fsp3) is 0.500. The van der Waals surface area contributed by atoms with Crippen LogP contribution in [0.25, 0.3) is 0 Å². The zero-order chi connectivity index (χ0) is 13.4. The highest BCUT2D eigenvalue weighted by Gasteiger charge is 2.33. The molecule has 1 N–H and O–H groups in total. The fourth-order valence-electron chi connectivity index (χ4n) is 2.12. The third-order valence-corrected chi connectivity index (χ3v) is 3.17. The standard InChI is InChI=1S/C12H16N6O/c1-7-4-10(19-3)15-12(13-7)18-5-9(6-18)11-14-8(2)16-17-11/h4,9H,5-6H2,1-3H3,(H,14,16,17). The molecule has 1 aliphatic rings. The van der Waals surface area contributed by atoms with Crippen molar-refractivity contribution in [2.24, 2.45) is 0 Å². The van der Waals surface area contributed by atoms with Gasteiger partial charge in [-0.2, -0.15) is 10.1 Å². The van der Waals surface area contributed by atoms with Crippen LogP contribution in [0.1, 0.15) is 23.3 Å². The van der Waals surface area contributed by atoms with Gasteiger partial charge < -0.3 is 9.64 Å². The van der Waals surface area contributed by atoms with Gasteiger partial charge in [0.15, 0.2) is 5.82 Å². The average Bonchev–Trinajstić information content (AvgIpc) is 2.73. The molecule has 0 amide bonds. The molecule has 1 aliphatic heterocycles. The Morgan fingerprint density at radius 1 is 1.26 bits per heavy atom. The van der Waals surface area contributed by atoms with Crippen molar-refractivity contribution in [3.8, 4) is 5.88 Å². The zero-order valence-electron chi connectivity index (χ0n) is 11.2. The van der Waals surface area contributed by atoms with Gasteiger partial charge in [0.05, 0.1) is 13.0 Å². The first-order chi connectivity index (χ1) is 9.15. The van der Waals surface area contributed by atoms with E-state index in [0.717, 1.165) is 30.4 Å². The lowest BCUT2D eigenvalue weighted by Crippen LogP contribution is -2.46. The second-order valence-electron chi connectivity index (χ2n) is 4.73. The zero-order valence-corrected chi connectivity index (χ0v) is 11.2. The minimum Gasteiger partial charge on any atom is -0.481 e. The lowest BCUT2D eigenvalue weighted by atomic mass is 10.0. The summed E-state index contributed by atoms with van der Waals surface area (Å²) >= 11 is 0. The van der Waals surface area contributed by atoms with Crippen LogP contribution in [0.3, 0.4) is 0 Å². The third-order valence-electron chi connectivity index (χ3n) is 3.17. The summed E-state index contributed by atoms with van der Waals surface area (Å²) in [6.45, 7) is 5.51. The normalized spacial score (nSPS) is 15.4. The molecule has 3 rings (SSSR count). The molecular weight excluding hydrogens is 244 g/mol. The van der Waals surface area contributed by atoms with Crippen molar-refractivity contribution in [2.75, 3.05) is 25.1 Å². The van der Waals surface area contributed by atoms with E-state index < -0.39 is 0 Å². The lowest BCUT2D eigenvalue weighted by Gasteiger charge is -2.37. The predicted octanol–water partition coefficient (Wildman–Crippen LogP) is 0.824. The highest BCUT2D eigenvalue weighted by atomic mass is 16.5. The molecule has 0 aromatic carbocycles. The smallest absolute Gasteiger partial charge is 0.228 e. The van der Waals surface area contributed by atoms with Crippen molar-refractivity contribution in [3.05, 3.63) is 23.4 Å². The van der Waals surface area contributed by atoms with Gasteiger partial charge in [0.2, 0.25) is 11.8 Å². The fourth-order valence-corrected chi connectivity index (χ4v) is 2.12. The molecule has 0 unspecified atom stereocenters. The first kappa shape index (κ1) is 11.9. The number of rotatable bonds is 3. The van der Waals surface area contributed by atoms with Gasteiger partial charge >= 0.3 is 0 Å². The molecule has 3 heterocycles. The van der Waals surface area contributed by atoms with Gasteiger partial charge in [-0.15, -0.1) is 0 Å². The van der Waals surface area contributed by atoms with Crippen molar-refractivity contribution in [2.45, 2.75) is 19.8 Å². The van der Waals surface area contributed by atoms with Crippen molar-refractivity contribution >= 4 is 5.95 Å². The van der Waals surface area contributed by atoms with Crippen LogP contribution in [0.2, 0.25) is 0 Å². The summed E-state index contributed by atoms with van der Waals surface area (Å²) in [6.07, 6.45) is 0. The van der Waals surface area contributed by atoms with Crippen LogP contribution < -0.4 is 9.64 Å². The minimum absolute atomic E-state index is 0.347. The number of nitrogens with zero attached hydrogens (tertiary/aromatic N) is 5. The van der Waals surface area contributed by atoms with E-state index in [1.807, 2.05) is 19.9 Å². The second-order valence-corrected chi connectivity index (χ2v) is 4.73. The SMILES string of the molecule is COc1cc(C)nc(N2CC(c3n[nH]c(C)n3)C2)n1. The van der Waals surface area contributed by atoms with Gasteiger partial charge in [0, 0.05) is 24.8 Å². The summed E-state index contributed by atoms with van der Waals surface area (Å²) in [5, 5.41) is 7.06. The summed E-state index contributed by atoms with van der Waals surface area (Å²) in [5.41, 5.74) is 0.902. The number of H-pyrrole nitrogens is 1. The van der Waals surface area contributed by atoms with E-state index in [9.17, 15) is 0 Å². The van der Waals surface area contributed by atoms with Crippen molar-refractivity contribution < 1.29 is 4.74 Å². The molecule has 7 nitrogen and oxygen atoms in total. The topological polar surface area (TPSA) is 79.8 Å². The molecule has 19 heavy (non-hydrogen) atoms. The first-order valence-electron chi connectivity index (χ1n) is 6.19. The van der Waals surface area contributed by atoms with E-state index in [-0.39, 0.29) is 0 Å². The highest BCUT2D eigenvalue weighted by molar-refractivity contribution is 5.39. The van der Waals surface area contributed by atoms with Crippen molar-refractivity contribution in [1.29, 1.82) is 0 Å². The largest absolute Gasteiger partial charge is 0.481 e. The average molecular weight is 260 g/mol. The number of methoxy groups -OCH3 is 1. The maximum Gasteiger partial charge on any atom is 0.228 e. The number of anilines is 1. The van der Waals surface area contributed by atoms with E-state index in [1.165, 1.54) is 0 Å². The number of hydrogen-bond donors (Lipinski definition) is 1. The van der Waals surface area contributed by atoms with Crippen LogP contribution in [0.4, 0.5) is 5.95 Å². The lowest BCUT2D eigenvalue weighted by molar-refractivity contribution is 0.393. The van der Waals surface area contributed by atoms with E-state index in [2.05, 4.69) is 30.0 Å². The van der Waals surface area contributed by atoms with Crippen molar-refractivity contribution in [3.63, 3.8) is 0 Å². The Hall–Kier alpha value is -2.18. The molecule has 0 bridgehead atoms. The Kier molecular flexibility index (Phi) is 2.81. The number of nitrogens with one attached hydrogen (secondary N) is 1. The van der Waals surface area contributed by atoms with Gasteiger partial charge in [-0.1, -0.05) is 0 Å². The van der Waals surface area contributed by atoms with E-state index >= 15 is 0 Å². The quantitative estimate of drug-likeness (QED) is 0.880. The van der Waals surface area contributed by atoms with Crippen LogP contribution in [0.5, 0.6) is 5.88 Å². The molecular formula is C12H16N6O. The Morgan fingerprint density at radius 2 is 2.05 bits per heavy atom. The van der Waals surface area contributed by atoms with Crippen LogP contribution in [0, 0.1) is 13.8 Å². The molecule has 7 heteroatoms. The van der Waals surface area contributed by atoms with Gasteiger partial charge in [-0.05, 0) is 13.8 Å². The molecule has 0 aliphatic carbocycles. The van der Waals surface area contributed by atoms with Gasteiger partial charge in [-0.3, -0.25) is 5.10 Å². The van der Waals surface area contributed by atoms with E-state index in [4.69, 9.17) is 4.74 Å². The summed E-state index contributed by atoms with van der Waals surface area (Å²) in [4.78, 5) is 15.2. The number of aromatic amines is 1. The Bertz CT molecular complexity index is 590. The monoisotopic (exact) mass is 260 g/mol. The maximum atomic E-state index is 5.16. The Morgan fingerprint density at radius 3 is 2.68 bits per heavy atom. The Labute approximate surface area is 111 Å². The number of aryl methyl sites for hydroxylation is 2.